The number of carbonyl (C=O) groups is 1. The maximum Gasteiger partial charge on any atom is 0.246 e. The van der Waals surface area contributed by atoms with Crippen LogP contribution >= 0.6 is 11.3 Å². The number of para-hydroxylation sites is 2. The van der Waals surface area contributed by atoms with E-state index in [9.17, 15) is 13.2 Å². The Labute approximate surface area is 161 Å². The van der Waals surface area contributed by atoms with E-state index in [4.69, 9.17) is 0 Å². The number of nitrogens with one attached hydrogen (secondary N) is 1. The minimum Gasteiger partial charge on any atom is -0.318 e. The third-order valence-electron chi connectivity index (χ3n) is 3.74. The average molecular weight is 408 g/mol. The summed E-state index contributed by atoms with van der Waals surface area (Å²) in [5, 5.41) is 12.1. The van der Waals surface area contributed by atoms with Crippen LogP contribution in [0.15, 0.2) is 24.3 Å². The van der Waals surface area contributed by atoms with Crippen molar-refractivity contribution in [2.45, 2.75) is 38.5 Å². The molecule has 0 saturated carbocycles. The van der Waals surface area contributed by atoms with Crippen LogP contribution in [0.1, 0.15) is 31.6 Å². The third kappa shape index (κ3) is 4.69. The van der Waals surface area contributed by atoms with Gasteiger partial charge in [-0.2, -0.15) is 0 Å². The Morgan fingerprint density at radius 3 is 2.56 bits per heavy atom. The first-order valence-corrected chi connectivity index (χ1v) is 11.2. The van der Waals surface area contributed by atoms with Crippen molar-refractivity contribution in [2.75, 3.05) is 11.6 Å². The van der Waals surface area contributed by atoms with Crippen molar-refractivity contribution in [3.63, 3.8) is 0 Å². The van der Waals surface area contributed by atoms with Crippen molar-refractivity contribution < 1.29 is 13.2 Å². The summed E-state index contributed by atoms with van der Waals surface area (Å²) in [6.07, 6.45) is 1.14. The number of rotatable bonds is 5. The van der Waals surface area contributed by atoms with Gasteiger partial charge in [0.1, 0.15) is 23.1 Å². The Hall–Kier alpha value is -2.33. The zero-order valence-electron chi connectivity index (χ0n) is 15.6. The fourth-order valence-corrected chi connectivity index (χ4v) is 4.03. The van der Waals surface area contributed by atoms with Crippen LogP contribution in [0.4, 0.5) is 5.13 Å². The molecule has 27 heavy (non-hydrogen) atoms. The first-order chi connectivity index (χ1) is 12.5. The summed E-state index contributed by atoms with van der Waals surface area (Å²) < 4.78 is 25.1. The lowest BCUT2D eigenvalue weighted by atomic mass is 9.98. The Morgan fingerprint density at radius 1 is 1.22 bits per heavy atom. The molecule has 1 N–H and O–H groups in total. The second kappa shape index (κ2) is 7.01. The smallest absolute Gasteiger partial charge is 0.246 e. The van der Waals surface area contributed by atoms with Gasteiger partial charge in [0.2, 0.25) is 11.0 Å². The van der Waals surface area contributed by atoms with E-state index in [0.717, 1.165) is 11.3 Å². The van der Waals surface area contributed by atoms with Gasteiger partial charge in [-0.25, -0.2) is 13.4 Å². The molecule has 3 rings (SSSR count). The van der Waals surface area contributed by atoms with E-state index in [2.05, 4.69) is 20.5 Å². The second-order valence-corrected chi connectivity index (χ2v) is 10.5. The van der Waals surface area contributed by atoms with E-state index in [-0.39, 0.29) is 23.6 Å². The van der Waals surface area contributed by atoms with E-state index >= 15 is 0 Å². The zero-order chi connectivity index (χ0) is 19.8. The number of hydrogen-bond donors (Lipinski definition) is 1. The number of sulfone groups is 1. The molecule has 0 spiro atoms. The number of imidazole rings is 1. The fourth-order valence-electron chi connectivity index (χ4n) is 2.53. The topological polar surface area (TPSA) is 107 Å². The predicted molar refractivity (Wildman–Crippen MR) is 106 cm³/mol. The average Bonchev–Trinajstić information content (AvgIpc) is 3.11. The molecule has 0 aliphatic carbocycles. The maximum absolute atomic E-state index is 12.5. The van der Waals surface area contributed by atoms with Crippen molar-refractivity contribution in [3.8, 4) is 0 Å². The minimum absolute atomic E-state index is 0.0597. The highest BCUT2D eigenvalue weighted by Gasteiger charge is 2.21. The van der Waals surface area contributed by atoms with E-state index in [1.807, 2.05) is 39.0 Å². The van der Waals surface area contributed by atoms with Gasteiger partial charge >= 0.3 is 0 Å². The van der Waals surface area contributed by atoms with Gasteiger partial charge < -0.3 is 4.57 Å². The van der Waals surface area contributed by atoms with Gasteiger partial charge in [0.05, 0.1) is 11.0 Å². The molecule has 0 bridgehead atoms. The van der Waals surface area contributed by atoms with Crippen LogP contribution in [-0.4, -0.2) is 40.3 Å². The summed E-state index contributed by atoms with van der Waals surface area (Å²) in [4.78, 5) is 16.9. The van der Waals surface area contributed by atoms with Crippen LogP contribution in [-0.2, 0) is 32.3 Å². The van der Waals surface area contributed by atoms with Gasteiger partial charge in [0.15, 0.2) is 9.84 Å². The summed E-state index contributed by atoms with van der Waals surface area (Å²) in [6.45, 7) is 6.01. The molecular weight excluding hydrogens is 386 g/mol. The number of fused-ring (bicyclic) bond motifs is 1. The monoisotopic (exact) mass is 407 g/mol. The van der Waals surface area contributed by atoms with Crippen molar-refractivity contribution in [1.29, 1.82) is 0 Å². The highest BCUT2D eigenvalue weighted by Crippen LogP contribution is 2.27. The Morgan fingerprint density at radius 2 is 1.93 bits per heavy atom. The normalized spacial score (nSPS) is 12.4. The molecule has 0 atom stereocenters. The number of carbonyl (C=O) groups excluding carboxylic acids is 1. The summed E-state index contributed by atoms with van der Waals surface area (Å²) in [5.41, 5.74) is 1.21. The number of anilines is 1. The quantitative estimate of drug-likeness (QED) is 0.696. The third-order valence-corrected chi connectivity index (χ3v) is 5.79. The molecule has 0 fully saturated rings. The Kier molecular flexibility index (Phi) is 5.04. The standard InChI is InChI=1S/C17H21N5O3S2/c1-17(2,3)15-20-21-16(26-15)19-14(23)9-22-12-8-6-5-7-11(12)18-13(22)10-27(4,24)25/h5-8H,9-10H2,1-4H3,(H,19,21,23). The van der Waals surface area contributed by atoms with Crippen LogP contribution in [0, 0.1) is 0 Å². The van der Waals surface area contributed by atoms with Crippen molar-refractivity contribution >= 4 is 43.2 Å². The molecule has 10 heteroatoms. The van der Waals surface area contributed by atoms with Crippen LogP contribution in [0.5, 0.6) is 0 Å². The van der Waals surface area contributed by atoms with Crippen LogP contribution in [0.3, 0.4) is 0 Å². The number of aromatic nitrogens is 4. The Bertz CT molecular complexity index is 1090. The molecular formula is C17H21N5O3S2. The summed E-state index contributed by atoms with van der Waals surface area (Å²) in [7, 11) is -3.29. The molecule has 0 unspecified atom stereocenters. The van der Waals surface area contributed by atoms with Crippen molar-refractivity contribution in [3.05, 3.63) is 35.1 Å². The molecule has 0 aliphatic heterocycles. The number of nitrogens with zero attached hydrogens (tertiary/aromatic N) is 4. The summed E-state index contributed by atoms with van der Waals surface area (Å²) in [5.74, 6) is -0.215. The molecule has 1 amide bonds. The number of hydrogen-bond acceptors (Lipinski definition) is 7. The highest BCUT2D eigenvalue weighted by atomic mass is 32.2. The summed E-state index contributed by atoms with van der Waals surface area (Å²) in [6, 6.07) is 7.24. The van der Waals surface area contributed by atoms with Crippen molar-refractivity contribution in [1.82, 2.24) is 19.7 Å². The lowest BCUT2D eigenvalue weighted by Gasteiger charge is -2.12. The summed E-state index contributed by atoms with van der Waals surface area (Å²) >= 11 is 1.32. The van der Waals surface area contributed by atoms with Gasteiger partial charge in [-0.1, -0.05) is 44.2 Å². The van der Waals surface area contributed by atoms with Gasteiger partial charge in [-0.15, -0.1) is 10.2 Å². The number of amides is 1. The Balaban J connectivity index is 1.86. The van der Waals surface area contributed by atoms with Crippen molar-refractivity contribution in [2.24, 2.45) is 0 Å². The highest BCUT2D eigenvalue weighted by molar-refractivity contribution is 7.89. The zero-order valence-corrected chi connectivity index (χ0v) is 17.2. The maximum atomic E-state index is 12.5. The second-order valence-electron chi connectivity index (χ2n) is 7.38. The predicted octanol–water partition coefficient (Wildman–Crippen LogP) is 2.37. The van der Waals surface area contributed by atoms with E-state index in [0.29, 0.717) is 22.0 Å². The lowest BCUT2D eigenvalue weighted by Crippen LogP contribution is -2.21. The van der Waals surface area contributed by atoms with Crippen LogP contribution in [0.2, 0.25) is 0 Å². The molecule has 0 radical (unpaired) electrons. The molecule has 2 heterocycles. The van der Waals surface area contributed by atoms with E-state index < -0.39 is 9.84 Å². The van der Waals surface area contributed by atoms with Gasteiger partial charge in [-0.05, 0) is 12.1 Å². The molecule has 2 aromatic heterocycles. The van der Waals surface area contributed by atoms with E-state index in [1.54, 1.807) is 10.6 Å². The van der Waals surface area contributed by atoms with Crippen LogP contribution in [0.25, 0.3) is 11.0 Å². The molecule has 1 aromatic carbocycles. The number of benzene rings is 1. The SMILES string of the molecule is CC(C)(C)c1nnc(NC(=O)Cn2c(CS(C)(=O)=O)nc3ccccc32)s1. The fraction of sp³-hybridized carbons (Fsp3) is 0.412. The van der Waals surface area contributed by atoms with E-state index in [1.165, 1.54) is 11.3 Å². The van der Waals surface area contributed by atoms with Gasteiger partial charge in [0.25, 0.3) is 0 Å². The molecule has 0 aliphatic rings. The first kappa shape index (κ1) is 19.4. The molecule has 144 valence electrons. The molecule has 3 aromatic rings. The molecule has 0 saturated heterocycles. The first-order valence-electron chi connectivity index (χ1n) is 8.28. The lowest BCUT2D eigenvalue weighted by molar-refractivity contribution is -0.116. The largest absolute Gasteiger partial charge is 0.318 e. The van der Waals surface area contributed by atoms with Crippen LogP contribution < -0.4 is 5.32 Å². The minimum atomic E-state index is -3.29. The van der Waals surface area contributed by atoms with Gasteiger partial charge in [0, 0.05) is 11.7 Å². The molecule has 8 nitrogen and oxygen atoms in total. The van der Waals surface area contributed by atoms with Gasteiger partial charge in [-0.3, -0.25) is 10.1 Å².